The summed E-state index contributed by atoms with van der Waals surface area (Å²) in [6, 6.07) is 6.95. The number of rotatable bonds is 1. The number of para-hydroxylation sites is 1. The lowest BCUT2D eigenvalue weighted by atomic mass is 10.1. The van der Waals surface area contributed by atoms with Gasteiger partial charge in [0.2, 0.25) is 5.91 Å². The lowest BCUT2D eigenvalue weighted by Gasteiger charge is -2.22. The Hall–Kier alpha value is -1.55. The first-order valence-electron chi connectivity index (χ1n) is 5.39. The number of benzene rings is 1. The molecule has 4 nitrogen and oxygen atoms in total. The first-order chi connectivity index (χ1) is 8.13. The highest BCUT2D eigenvalue weighted by Gasteiger charge is 2.27. The quantitative estimate of drug-likeness (QED) is 0.768. The molecule has 17 heavy (non-hydrogen) atoms. The fourth-order valence-corrected chi connectivity index (χ4v) is 2.07. The number of carbonyl (C=O) groups is 2. The van der Waals surface area contributed by atoms with E-state index in [-0.39, 0.29) is 23.7 Å². The number of amides is 2. The number of halogens is 1. The number of hydrogen-bond acceptors (Lipinski definition) is 2. The Bertz CT molecular complexity index is 462. The minimum atomic E-state index is -0.192. The number of hydrogen-bond donors (Lipinski definition) is 1. The average molecular weight is 253 g/mol. The Balaban J connectivity index is 2.49. The third-order valence-corrected chi connectivity index (χ3v) is 2.92. The van der Waals surface area contributed by atoms with Crippen molar-refractivity contribution < 1.29 is 9.59 Å². The average Bonchev–Trinajstić information content (AvgIpc) is 2.46. The zero-order chi connectivity index (χ0) is 12.4. The van der Waals surface area contributed by atoms with Crippen LogP contribution in [0.5, 0.6) is 0 Å². The van der Waals surface area contributed by atoms with E-state index < -0.39 is 0 Å². The molecule has 1 aliphatic heterocycles. The fourth-order valence-electron chi connectivity index (χ4n) is 1.93. The second-order valence-electron chi connectivity index (χ2n) is 4.03. The van der Waals surface area contributed by atoms with Crippen molar-refractivity contribution in [2.75, 3.05) is 17.3 Å². The van der Waals surface area contributed by atoms with Gasteiger partial charge in [0, 0.05) is 12.6 Å². The number of anilines is 1. The maximum Gasteiger partial charge on any atom is 0.253 e. The van der Waals surface area contributed by atoms with Crippen LogP contribution in [0.15, 0.2) is 24.3 Å². The van der Waals surface area contributed by atoms with Crippen LogP contribution in [0.2, 0.25) is 0 Å². The molecule has 0 saturated heterocycles. The molecular weight excluding hydrogens is 240 g/mol. The number of nitrogens with zero attached hydrogens (tertiary/aromatic N) is 1. The molecule has 1 atom stereocenters. The lowest BCUT2D eigenvalue weighted by molar-refractivity contribution is -0.116. The highest BCUT2D eigenvalue weighted by Crippen LogP contribution is 2.23. The van der Waals surface area contributed by atoms with Gasteiger partial charge in [0.15, 0.2) is 0 Å². The van der Waals surface area contributed by atoms with Crippen molar-refractivity contribution in [3.05, 3.63) is 29.8 Å². The Morgan fingerprint density at radius 1 is 1.53 bits per heavy atom. The first-order valence-corrected chi connectivity index (χ1v) is 5.93. The van der Waals surface area contributed by atoms with Gasteiger partial charge >= 0.3 is 0 Å². The molecule has 0 aromatic heterocycles. The second-order valence-corrected chi connectivity index (χ2v) is 4.30. The SMILES string of the molecule is CC1CN(C(=O)CCl)c2ccccc2C(=O)N1. The summed E-state index contributed by atoms with van der Waals surface area (Å²) in [5, 5.41) is 2.83. The molecule has 0 spiro atoms. The van der Waals surface area contributed by atoms with E-state index in [0.29, 0.717) is 17.8 Å². The van der Waals surface area contributed by atoms with E-state index >= 15 is 0 Å². The van der Waals surface area contributed by atoms with E-state index in [0.717, 1.165) is 0 Å². The minimum Gasteiger partial charge on any atom is -0.348 e. The molecule has 1 aliphatic rings. The van der Waals surface area contributed by atoms with Crippen molar-refractivity contribution in [1.82, 2.24) is 5.32 Å². The van der Waals surface area contributed by atoms with Crippen molar-refractivity contribution in [2.45, 2.75) is 13.0 Å². The summed E-state index contributed by atoms with van der Waals surface area (Å²) in [6.07, 6.45) is 0. The highest BCUT2D eigenvalue weighted by atomic mass is 35.5. The molecule has 0 aliphatic carbocycles. The predicted octanol–water partition coefficient (Wildman–Crippen LogP) is 1.39. The van der Waals surface area contributed by atoms with Crippen molar-refractivity contribution in [1.29, 1.82) is 0 Å². The predicted molar refractivity (Wildman–Crippen MR) is 66.4 cm³/mol. The third kappa shape index (κ3) is 2.26. The molecule has 2 amide bonds. The lowest BCUT2D eigenvalue weighted by Crippen LogP contribution is -2.41. The topological polar surface area (TPSA) is 49.4 Å². The van der Waals surface area contributed by atoms with Crippen LogP contribution in [-0.2, 0) is 4.79 Å². The molecular formula is C12H13ClN2O2. The molecule has 90 valence electrons. The van der Waals surface area contributed by atoms with E-state index in [4.69, 9.17) is 11.6 Å². The van der Waals surface area contributed by atoms with E-state index in [1.165, 1.54) is 0 Å². The van der Waals surface area contributed by atoms with Crippen molar-refractivity contribution in [2.24, 2.45) is 0 Å². The zero-order valence-electron chi connectivity index (χ0n) is 9.44. The van der Waals surface area contributed by atoms with Gasteiger partial charge in [-0.3, -0.25) is 9.59 Å². The molecule has 1 N–H and O–H groups in total. The van der Waals surface area contributed by atoms with Gasteiger partial charge in [-0.2, -0.15) is 0 Å². The number of alkyl halides is 1. The Morgan fingerprint density at radius 3 is 2.94 bits per heavy atom. The van der Waals surface area contributed by atoms with E-state index in [1.54, 1.807) is 29.2 Å². The summed E-state index contributed by atoms with van der Waals surface area (Å²) in [7, 11) is 0. The minimum absolute atomic E-state index is 0.0881. The largest absolute Gasteiger partial charge is 0.348 e. The van der Waals surface area contributed by atoms with Gasteiger partial charge in [-0.1, -0.05) is 12.1 Å². The van der Waals surface area contributed by atoms with Crippen molar-refractivity contribution >= 4 is 29.1 Å². The molecule has 1 heterocycles. The summed E-state index contributed by atoms with van der Waals surface area (Å²) in [5.41, 5.74) is 1.13. The Labute approximate surface area is 105 Å². The van der Waals surface area contributed by atoms with Gasteiger partial charge in [0.05, 0.1) is 11.3 Å². The summed E-state index contributed by atoms with van der Waals surface area (Å²) in [6.45, 7) is 2.30. The molecule has 1 unspecified atom stereocenters. The van der Waals surface area contributed by atoms with Crippen LogP contribution in [0, 0.1) is 0 Å². The van der Waals surface area contributed by atoms with Gasteiger partial charge in [-0.05, 0) is 19.1 Å². The maximum atomic E-state index is 11.9. The fraction of sp³-hybridized carbons (Fsp3) is 0.333. The van der Waals surface area contributed by atoms with E-state index in [1.807, 2.05) is 6.92 Å². The molecule has 1 aromatic rings. The first kappa shape index (κ1) is 11.9. The molecule has 2 rings (SSSR count). The van der Waals surface area contributed by atoms with Crippen LogP contribution in [0.1, 0.15) is 17.3 Å². The van der Waals surface area contributed by atoms with Gasteiger partial charge < -0.3 is 10.2 Å². The summed E-state index contributed by atoms with van der Waals surface area (Å²) < 4.78 is 0. The molecule has 0 radical (unpaired) electrons. The number of carbonyl (C=O) groups excluding carboxylic acids is 2. The van der Waals surface area contributed by atoms with Crippen LogP contribution in [0.4, 0.5) is 5.69 Å². The summed E-state index contributed by atoms with van der Waals surface area (Å²) in [5.74, 6) is -0.435. The third-order valence-electron chi connectivity index (χ3n) is 2.69. The molecule has 1 aromatic carbocycles. The van der Waals surface area contributed by atoms with Crippen LogP contribution in [0.25, 0.3) is 0 Å². The standard InChI is InChI=1S/C12H13ClN2O2/c1-8-7-15(11(16)6-13)10-5-3-2-4-9(10)12(17)14-8/h2-5,8H,6-7H2,1H3,(H,14,17). The molecule has 0 saturated carbocycles. The molecule has 5 heteroatoms. The van der Waals surface area contributed by atoms with Crippen LogP contribution in [0.3, 0.4) is 0 Å². The van der Waals surface area contributed by atoms with Gasteiger partial charge in [-0.25, -0.2) is 0 Å². The van der Waals surface area contributed by atoms with Crippen molar-refractivity contribution in [3.8, 4) is 0 Å². The van der Waals surface area contributed by atoms with Crippen LogP contribution < -0.4 is 10.2 Å². The van der Waals surface area contributed by atoms with Crippen molar-refractivity contribution in [3.63, 3.8) is 0 Å². The Kier molecular flexibility index (Phi) is 3.33. The second kappa shape index (κ2) is 4.75. The summed E-state index contributed by atoms with van der Waals surface area (Å²) in [4.78, 5) is 25.2. The van der Waals surface area contributed by atoms with Gasteiger partial charge in [0.1, 0.15) is 5.88 Å². The number of nitrogens with one attached hydrogen (secondary N) is 1. The smallest absolute Gasteiger partial charge is 0.253 e. The van der Waals surface area contributed by atoms with Gasteiger partial charge in [-0.15, -0.1) is 11.6 Å². The maximum absolute atomic E-state index is 11.9. The number of fused-ring (bicyclic) bond motifs is 1. The highest BCUT2D eigenvalue weighted by molar-refractivity contribution is 6.29. The van der Waals surface area contributed by atoms with Crippen LogP contribution >= 0.6 is 11.6 Å². The van der Waals surface area contributed by atoms with Crippen LogP contribution in [-0.4, -0.2) is 30.3 Å². The van der Waals surface area contributed by atoms with Gasteiger partial charge in [0.25, 0.3) is 5.91 Å². The molecule has 0 bridgehead atoms. The van der Waals surface area contributed by atoms with E-state index in [9.17, 15) is 9.59 Å². The zero-order valence-corrected chi connectivity index (χ0v) is 10.2. The monoisotopic (exact) mass is 252 g/mol. The normalized spacial score (nSPS) is 19.3. The Morgan fingerprint density at radius 2 is 2.24 bits per heavy atom. The summed E-state index contributed by atoms with van der Waals surface area (Å²) >= 11 is 5.59. The van der Waals surface area contributed by atoms with E-state index in [2.05, 4.69) is 5.32 Å². The molecule has 0 fully saturated rings.